The lowest BCUT2D eigenvalue weighted by atomic mass is 9.92. The smallest absolute Gasteiger partial charge is 0.0440 e. The van der Waals surface area contributed by atoms with E-state index >= 15 is 0 Å². The quantitative estimate of drug-likeness (QED) is 0.799. The van der Waals surface area contributed by atoms with Crippen molar-refractivity contribution in [2.45, 2.75) is 46.6 Å². The molecule has 0 aliphatic carbocycles. The van der Waals surface area contributed by atoms with Gasteiger partial charge in [0.1, 0.15) is 0 Å². The van der Waals surface area contributed by atoms with Crippen LogP contribution in [0.25, 0.3) is 0 Å². The van der Waals surface area contributed by atoms with Gasteiger partial charge in [-0.1, -0.05) is 44.9 Å². The van der Waals surface area contributed by atoms with Gasteiger partial charge < -0.3 is 10.6 Å². The molecule has 0 aromatic heterocycles. The molecule has 1 atom stereocenters. The predicted octanol–water partition coefficient (Wildman–Crippen LogP) is 3.58. The molecule has 0 saturated heterocycles. The Bertz CT molecular complexity index is 345. The Balaban J connectivity index is 3.03. The van der Waals surface area contributed by atoms with Crippen LogP contribution < -0.4 is 10.6 Å². The number of rotatable bonds is 7. The van der Waals surface area contributed by atoms with Crippen LogP contribution in [-0.4, -0.2) is 19.1 Å². The number of benzene rings is 1. The normalized spacial score (nSPS) is 12.8. The van der Waals surface area contributed by atoms with E-state index in [0.717, 1.165) is 13.1 Å². The van der Waals surface area contributed by atoms with E-state index in [1.54, 1.807) is 0 Å². The first-order chi connectivity index (χ1) is 8.69. The van der Waals surface area contributed by atoms with Gasteiger partial charge in [-0.3, -0.25) is 0 Å². The summed E-state index contributed by atoms with van der Waals surface area (Å²) in [4.78, 5) is 2.48. The molecule has 1 aromatic carbocycles. The molecule has 2 nitrogen and oxygen atoms in total. The second-order valence-corrected chi connectivity index (χ2v) is 4.95. The highest BCUT2D eigenvalue weighted by Crippen LogP contribution is 2.26. The van der Waals surface area contributed by atoms with E-state index in [9.17, 15) is 0 Å². The molecule has 0 spiro atoms. The third-order valence-corrected chi connectivity index (χ3v) is 4.00. The van der Waals surface area contributed by atoms with Gasteiger partial charge in [0.2, 0.25) is 0 Å². The lowest BCUT2D eigenvalue weighted by molar-refractivity contribution is 0.380. The van der Waals surface area contributed by atoms with Crippen LogP contribution in [0, 0.1) is 12.8 Å². The van der Waals surface area contributed by atoms with Crippen LogP contribution in [0.5, 0.6) is 0 Å². The molecule has 0 fully saturated rings. The number of para-hydroxylation sites is 1. The SMILES string of the molecule is CCC(CC)C(CN)N(CC)c1ccccc1C. The van der Waals surface area contributed by atoms with Gasteiger partial charge in [0.25, 0.3) is 0 Å². The highest BCUT2D eigenvalue weighted by molar-refractivity contribution is 5.53. The van der Waals surface area contributed by atoms with Crippen LogP contribution in [0.4, 0.5) is 5.69 Å². The number of nitrogens with zero attached hydrogens (tertiary/aromatic N) is 1. The van der Waals surface area contributed by atoms with E-state index in [0.29, 0.717) is 12.0 Å². The summed E-state index contributed by atoms with van der Waals surface area (Å²) < 4.78 is 0. The molecule has 1 rings (SSSR count). The Morgan fingerprint density at radius 1 is 1.11 bits per heavy atom. The average molecular weight is 248 g/mol. The van der Waals surface area contributed by atoms with Crippen molar-refractivity contribution in [1.82, 2.24) is 0 Å². The Hall–Kier alpha value is -1.02. The van der Waals surface area contributed by atoms with Gasteiger partial charge in [-0.2, -0.15) is 0 Å². The average Bonchev–Trinajstić information content (AvgIpc) is 2.40. The number of aryl methyl sites for hydroxylation is 1. The predicted molar refractivity (Wildman–Crippen MR) is 81.1 cm³/mol. The van der Waals surface area contributed by atoms with Gasteiger partial charge in [-0.15, -0.1) is 0 Å². The summed E-state index contributed by atoms with van der Waals surface area (Å²) in [5.74, 6) is 0.676. The van der Waals surface area contributed by atoms with Crippen molar-refractivity contribution in [1.29, 1.82) is 0 Å². The minimum Gasteiger partial charge on any atom is -0.367 e. The maximum absolute atomic E-state index is 6.05. The van der Waals surface area contributed by atoms with Crippen molar-refractivity contribution >= 4 is 5.69 Å². The zero-order chi connectivity index (χ0) is 13.5. The fraction of sp³-hybridized carbons (Fsp3) is 0.625. The molecule has 0 bridgehead atoms. The third-order valence-electron chi connectivity index (χ3n) is 4.00. The van der Waals surface area contributed by atoms with Gasteiger partial charge in [-0.05, 0) is 31.4 Å². The Kier molecular flexibility index (Phi) is 6.20. The van der Waals surface area contributed by atoms with Crippen LogP contribution in [0.2, 0.25) is 0 Å². The lowest BCUT2D eigenvalue weighted by Crippen LogP contribution is -2.46. The summed E-state index contributed by atoms with van der Waals surface area (Å²) in [6, 6.07) is 9.06. The summed E-state index contributed by atoms with van der Waals surface area (Å²) in [6.07, 6.45) is 2.39. The fourth-order valence-electron chi connectivity index (χ4n) is 2.88. The number of hydrogen-bond acceptors (Lipinski definition) is 2. The van der Waals surface area contributed by atoms with Crippen LogP contribution in [0.15, 0.2) is 24.3 Å². The first-order valence-electron chi connectivity index (χ1n) is 7.21. The van der Waals surface area contributed by atoms with E-state index in [4.69, 9.17) is 5.73 Å². The molecule has 0 aliphatic heterocycles. The van der Waals surface area contributed by atoms with Crippen molar-refractivity contribution in [2.75, 3.05) is 18.0 Å². The van der Waals surface area contributed by atoms with Crippen molar-refractivity contribution < 1.29 is 0 Å². The molecular weight excluding hydrogens is 220 g/mol. The Labute approximate surface area is 112 Å². The zero-order valence-electron chi connectivity index (χ0n) is 12.3. The molecule has 0 amide bonds. The van der Waals surface area contributed by atoms with E-state index in [2.05, 4.69) is 56.9 Å². The maximum atomic E-state index is 6.05. The van der Waals surface area contributed by atoms with Crippen molar-refractivity contribution in [3.63, 3.8) is 0 Å². The van der Waals surface area contributed by atoms with Gasteiger partial charge in [0.15, 0.2) is 0 Å². The summed E-state index contributed by atoms with van der Waals surface area (Å²) in [6.45, 7) is 10.7. The second-order valence-electron chi connectivity index (χ2n) is 4.95. The maximum Gasteiger partial charge on any atom is 0.0440 e. The molecule has 102 valence electrons. The van der Waals surface area contributed by atoms with Gasteiger partial charge in [0.05, 0.1) is 0 Å². The molecule has 18 heavy (non-hydrogen) atoms. The van der Waals surface area contributed by atoms with Crippen LogP contribution >= 0.6 is 0 Å². The third kappa shape index (κ3) is 3.26. The van der Waals surface area contributed by atoms with Crippen LogP contribution in [-0.2, 0) is 0 Å². The fourth-order valence-corrected chi connectivity index (χ4v) is 2.88. The zero-order valence-corrected chi connectivity index (χ0v) is 12.3. The summed E-state index contributed by atoms with van der Waals surface area (Å²) >= 11 is 0. The number of nitrogens with two attached hydrogens (primary N) is 1. The lowest BCUT2D eigenvalue weighted by Gasteiger charge is -2.37. The van der Waals surface area contributed by atoms with E-state index in [-0.39, 0.29) is 0 Å². The largest absolute Gasteiger partial charge is 0.367 e. The Morgan fingerprint density at radius 2 is 1.72 bits per heavy atom. The molecular formula is C16H28N2. The molecule has 1 unspecified atom stereocenters. The molecule has 0 radical (unpaired) electrons. The summed E-state index contributed by atoms with van der Waals surface area (Å²) in [5.41, 5.74) is 8.72. The second kappa shape index (κ2) is 7.42. The molecule has 0 aliphatic rings. The van der Waals surface area contributed by atoms with Crippen molar-refractivity contribution in [2.24, 2.45) is 11.7 Å². The first kappa shape index (κ1) is 15.0. The van der Waals surface area contributed by atoms with Gasteiger partial charge >= 0.3 is 0 Å². The van der Waals surface area contributed by atoms with Gasteiger partial charge in [0, 0.05) is 24.8 Å². The Morgan fingerprint density at radius 3 is 2.17 bits per heavy atom. The molecule has 2 N–H and O–H groups in total. The minimum atomic E-state index is 0.450. The monoisotopic (exact) mass is 248 g/mol. The summed E-state index contributed by atoms with van der Waals surface area (Å²) in [5, 5.41) is 0. The van der Waals surface area contributed by atoms with E-state index < -0.39 is 0 Å². The minimum absolute atomic E-state index is 0.450. The first-order valence-corrected chi connectivity index (χ1v) is 7.21. The van der Waals surface area contributed by atoms with Crippen molar-refractivity contribution in [3.8, 4) is 0 Å². The van der Waals surface area contributed by atoms with Gasteiger partial charge in [-0.25, -0.2) is 0 Å². The number of anilines is 1. The van der Waals surface area contributed by atoms with Crippen LogP contribution in [0.3, 0.4) is 0 Å². The van der Waals surface area contributed by atoms with E-state index in [1.165, 1.54) is 24.1 Å². The number of likely N-dealkylation sites (N-methyl/N-ethyl adjacent to an activating group) is 1. The van der Waals surface area contributed by atoms with Crippen molar-refractivity contribution in [3.05, 3.63) is 29.8 Å². The molecule has 1 aromatic rings. The van der Waals surface area contributed by atoms with Crippen LogP contribution in [0.1, 0.15) is 39.2 Å². The van der Waals surface area contributed by atoms with E-state index in [1.807, 2.05) is 0 Å². The highest BCUT2D eigenvalue weighted by atomic mass is 15.2. The molecule has 2 heteroatoms. The molecule has 0 heterocycles. The number of hydrogen-bond donors (Lipinski definition) is 1. The standard InChI is InChI=1S/C16H28N2/c1-5-14(6-2)16(12-17)18(7-3)15-11-9-8-10-13(15)4/h8-11,14,16H,5-7,12,17H2,1-4H3. The highest BCUT2D eigenvalue weighted by Gasteiger charge is 2.24. The molecule has 0 saturated carbocycles. The topological polar surface area (TPSA) is 29.3 Å². The summed E-state index contributed by atoms with van der Waals surface area (Å²) in [7, 11) is 0.